The van der Waals surface area contributed by atoms with Crippen LogP contribution in [0.4, 0.5) is 4.39 Å². The summed E-state index contributed by atoms with van der Waals surface area (Å²) < 4.78 is 37.0. The van der Waals surface area contributed by atoms with Crippen molar-refractivity contribution in [3.05, 3.63) is 63.4 Å². The zero-order valence-electron chi connectivity index (χ0n) is 20.4. The van der Waals surface area contributed by atoms with E-state index < -0.39 is 61.6 Å². The Kier molecular flexibility index (Phi) is 11.6. The molecule has 1 aromatic carbocycles. The van der Waals surface area contributed by atoms with Gasteiger partial charge >= 0.3 is 18.3 Å². The molecular formula is C23H29FN3O8PS. The van der Waals surface area contributed by atoms with Crippen molar-refractivity contribution in [2.24, 2.45) is 0 Å². The molecule has 0 aliphatic carbocycles. The van der Waals surface area contributed by atoms with E-state index in [9.17, 15) is 23.9 Å². The predicted molar refractivity (Wildman–Crippen MR) is 137 cm³/mol. The minimum atomic E-state index is -3.53. The van der Waals surface area contributed by atoms with Gasteiger partial charge in [0.2, 0.25) is 0 Å². The van der Waals surface area contributed by atoms with Crippen molar-refractivity contribution in [2.45, 2.75) is 51.4 Å². The summed E-state index contributed by atoms with van der Waals surface area (Å²) in [5, 5.41) is 13.1. The number of H-pyrrole nitrogens is 1. The molecular weight excluding hydrogens is 528 g/mol. The number of nitrogens with zero attached hydrogens (tertiary/aromatic N) is 1. The average molecular weight is 558 g/mol. The Bertz CT molecular complexity index is 1230. The molecule has 0 spiro atoms. The van der Waals surface area contributed by atoms with E-state index >= 15 is 0 Å². The van der Waals surface area contributed by atoms with Gasteiger partial charge in [-0.15, -0.1) is 6.42 Å². The number of aromatic amines is 1. The summed E-state index contributed by atoms with van der Waals surface area (Å²) >= 11 is 5.59. The lowest BCUT2D eigenvalue weighted by Crippen LogP contribution is -2.41. The minimum absolute atomic E-state index is 0.333. The van der Waals surface area contributed by atoms with E-state index in [1.54, 1.807) is 44.2 Å². The highest BCUT2D eigenvalue weighted by atomic mass is 32.5. The van der Waals surface area contributed by atoms with Gasteiger partial charge in [0.05, 0.1) is 12.7 Å². The molecule has 37 heavy (non-hydrogen) atoms. The number of esters is 1. The van der Waals surface area contributed by atoms with Gasteiger partial charge in [-0.25, -0.2) is 14.3 Å². The third-order valence-electron chi connectivity index (χ3n) is 4.58. The van der Waals surface area contributed by atoms with Crippen LogP contribution in [0.5, 0.6) is 5.75 Å². The van der Waals surface area contributed by atoms with Gasteiger partial charge in [-0.3, -0.25) is 19.1 Å². The van der Waals surface area contributed by atoms with Crippen molar-refractivity contribution in [1.82, 2.24) is 14.6 Å². The van der Waals surface area contributed by atoms with Gasteiger partial charge in [0.25, 0.3) is 5.56 Å². The minimum Gasteiger partial charge on any atom is -0.462 e. The molecule has 14 heteroatoms. The average Bonchev–Trinajstić information content (AvgIpc) is 2.84. The van der Waals surface area contributed by atoms with Crippen molar-refractivity contribution in [3.8, 4) is 18.1 Å². The Morgan fingerprint density at radius 1 is 1.27 bits per heavy atom. The molecule has 0 aliphatic rings. The first-order valence-electron chi connectivity index (χ1n) is 11.1. The zero-order chi connectivity index (χ0) is 27.6. The number of alkyl halides is 1. The summed E-state index contributed by atoms with van der Waals surface area (Å²) in [5.41, 5.74) is -1.61. The van der Waals surface area contributed by atoms with Crippen LogP contribution in [0.1, 0.15) is 27.0 Å². The molecule has 0 radical (unpaired) electrons. The Balaban J connectivity index is 2.28. The molecule has 0 saturated carbocycles. The maximum Gasteiger partial charge on any atom is 0.330 e. The topological polar surface area (TPSA) is 141 Å². The SMILES string of the molecule is C#C[C@H](O)C(COP(=S)(NC(C)C(=O)OC(C)C)Oc1ccccc1)O[C@H](CF)n1ccc(=O)[nH]c1=O. The van der Waals surface area contributed by atoms with Gasteiger partial charge in [0, 0.05) is 12.3 Å². The molecule has 5 atom stereocenters. The number of aliphatic hydroxyl groups excluding tert-OH is 1. The normalized spacial score (nSPS) is 16.1. The molecule has 0 aliphatic heterocycles. The number of hydrogen-bond donors (Lipinski definition) is 3. The summed E-state index contributed by atoms with van der Waals surface area (Å²) in [7, 11) is 0. The third-order valence-corrected chi connectivity index (χ3v) is 7.08. The summed E-state index contributed by atoms with van der Waals surface area (Å²) in [6.07, 6.45) is 1.47. The second kappa shape index (κ2) is 14.2. The van der Waals surface area contributed by atoms with E-state index in [4.69, 9.17) is 36.8 Å². The van der Waals surface area contributed by atoms with Crippen LogP contribution >= 0.6 is 6.64 Å². The molecule has 11 nitrogen and oxygen atoms in total. The van der Waals surface area contributed by atoms with Crippen LogP contribution in [0.15, 0.2) is 52.2 Å². The number of ether oxygens (including phenoxy) is 2. The van der Waals surface area contributed by atoms with E-state index in [1.165, 1.54) is 6.92 Å². The number of aliphatic hydroxyl groups is 1. The predicted octanol–water partition coefficient (Wildman–Crippen LogP) is 1.63. The smallest absolute Gasteiger partial charge is 0.330 e. The number of terminal acetylenes is 1. The Morgan fingerprint density at radius 3 is 2.51 bits per heavy atom. The highest BCUT2D eigenvalue weighted by Crippen LogP contribution is 2.45. The van der Waals surface area contributed by atoms with E-state index in [2.05, 4.69) is 11.0 Å². The molecule has 1 aromatic heterocycles. The molecule has 1 heterocycles. The lowest BCUT2D eigenvalue weighted by molar-refractivity contribution is -0.149. The fourth-order valence-corrected chi connectivity index (χ4v) is 5.27. The van der Waals surface area contributed by atoms with Crippen LogP contribution in [-0.2, 0) is 30.6 Å². The Morgan fingerprint density at radius 2 is 1.95 bits per heavy atom. The number of carbonyl (C=O) groups excluding carboxylic acids is 1. The summed E-state index contributed by atoms with van der Waals surface area (Å²) in [5.74, 6) is 1.79. The summed E-state index contributed by atoms with van der Waals surface area (Å²) in [4.78, 5) is 37.8. The van der Waals surface area contributed by atoms with Crippen LogP contribution in [-0.4, -0.2) is 58.3 Å². The van der Waals surface area contributed by atoms with E-state index in [0.29, 0.717) is 5.75 Å². The number of hydrogen-bond acceptors (Lipinski definition) is 9. The number of carbonyl (C=O) groups is 1. The van der Waals surface area contributed by atoms with Gasteiger partial charge in [-0.05, 0) is 44.7 Å². The fourth-order valence-electron chi connectivity index (χ4n) is 2.85. The van der Waals surface area contributed by atoms with Crippen LogP contribution in [0.3, 0.4) is 0 Å². The van der Waals surface area contributed by atoms with Crippen molar-refractivity contribution in [1.29, 1.82) is 0 Å². The third kappa shape index (κ3) is 9.51. The first-order valence-corrected chi connectivity index (χ1v) is 13.8. The number of para-hydroxylation sites is 1. The van der Waals surface area contributed by atoms with Gasteiger partial charge in [0.1, 0.15) is 30.7 Å². The molecule has 2 rings (SSSR count). The summed E-state index contributed by atoms with van der Waals surface area (Å²) in [6, 6.07) is 8.47. The fraction of sp³-hybridized carbons (Fsp3) is 0.435. The van der Waals surface area contributed by atoms with Crippen molar-refractivity contribution >= 4 is 24.4 Å². The van der Waals surface area contributed by atoms with E-state index in [0.717, 1.165) is 16.8 Å². The second-order valence-electron chi connectivity index (χ2n) is 7.95. The molecule has 0 bridgehead atoms. The summed E-state index contributed by atoms with van der Waals surface area (Å²) in [6.45, 7) is -0.350. The molecule has 0 saturated heterocycles. The van der Waals surface area contributed by atoms with Gasteiger partial charge in [-0.2, -0.15) is 0 Å². The molecule has 3 N–H and O–H groups in total. The Labute approximate surface area is 218 Å². The van der Waals surface area contributed by atoms with Crippen molar-refractivity contribution in [2.75, 3.05) is 13.3 Å². The number of aromatic nitrogens is 2. The molecule has 202 valence electrons. The van der Waals surface area contributed by atoms with Crippen molar-refractivity contribution < 1.29 is 32.8 Å². The molecule has 0 amide bonds. The maximum atomic E-state index is 13.8. The van der Waals surface area contributed by atoms with Crippen LogP contribution in [0, 0.1) is 12.3 Å². The van der Waals surface area contributed by atoms with Gasteiger partial charge in [-0.1, -0.05) is 24.1 Å². The number of halogens is 1. The monoisotopic (exact) mass is 557 g/mol. The second-order valence-corrected chi connectivity index (χ2v) is 11.1. The van der Waals surface area contributed by atoms with E-state index in [1.807, 2.05) is 4.98 Å². The highest BCUT2D eigenvalue weighted by molar-refractivity contribution is 8.09. The van der Waals surface area contributed by atoms with E-state index in [-0.39, 0.29) is 6.10 Å². The van der Waals surface area contributed by atoms with Gasteiger partial charge in [0.15, 0.2) is 6.23 Å². The lowest BCUT2D eigenvalue weighted by Gasteiger charge is -2.30. The number of nitrogens with one attached hydrogen (secondary N) is 2. The van der Waals surface area contributed by atoms with Crippen LogP contribution in [0.25, 0.3) is 0 Å². The highest BCUT2D eigenvalue weighted by Gasteiger charge is 2.32. The zero-order valence-corrected chi connectivity index (χ0v) is 22.1. The van der Waals surface area contributed by atoms with Crippen LogP contribution in [0.2, 0.25) is 0 Å². The molecule has 0 fully saturated rings. The first-order chi connectivity index (χ1) is 17.5. The standard InChI is InChI=1S/C23H29FN3O8PS/c1-5-18(28)19(34-21(13-24)27-12-11-20(29)25-23(27)31)14-32-36(37,35-17-9-7-6-8-10-17)26-16(4)22(30)33-15(2)3/h1,6-12,15-16,18-19,21,28H,13-14H2,2-4H3,(H,26,37)(H,25,29,31)/t16?,18-,19?,21+,36?/m0/s1. The van der Waals surface area contributed by atoms with Gasteiger partial charge < -0.3 is 23.6 Å². The maximum absolute atomic E-state index is 13.8. The number of benzene rings is 1. The molecule has 3 unspecified atom stereocenters. The largest absolute Gasteiger partial charge is 0.462 e. The first kappa shape index (κ1) is 30.4. The quantitative estimate of drug-likeness (QED) is 0.178. The van der Waals surface area contributed by atoms with Crippen molar-refractivity contribution in [3.63, 3.8) is 0 Å². The lowest BCUT2D eigenvalue weighted by atomic mass is 10.2. The Hall–Kier alpha value is -2.85. The van der Waals surface area contributed by atoms with Crippen LogP contribution < -0.4 is 20.9 Å². The molecule has 2 aromatic rings. The number of rotatable bonds is 14.